The molecule has 0 radical (unpaired) electrons. The van der Waals surface area contributed by atoms with E-state index in [2.05, 4.69) is 0 Å². The van der Waals surface area contributed by atoms with Crippen LogP contribution in [-0.2, 0) is 0 Å². The lowest BCUT2D eigenvalue weighted by Gasteiger charge is -2.33. The summed E-state index contributed by atoms with van der Waals surface area (Å²) in [6, 6.07) is 0. The minimum Gasteiger partial charge on any atom is -0.247 e. The van der Waals surface area contributed by atoms with Crippen molar-refractivity contribution in [2.75, 3.05) is 0 Å². The third-order valence-electron chi connectivity index (χ3n) is 5.12. The molecular weight excluding hydrogens is 175 g/mol. The van der Waals surface area contributed by atoms with Gasteiger partial charge in [0.2, 0.25) is 0 Å². The molecule has 0 bridgehead atoms. The van der Waals surface area contributed by atoms with Crippen LogP contribution in [0.5, 0.6) is 0 Å². The van der Waals surface area contributed by atoms with Crippen molar-refractivity contribution in [2.45, 2.75) is 57.5 Å². The maximum Gasteiger partial charge on any atom is 0.103 e. The molecule has 5 atom stereocenters. The second-order valence-electron chi connectivity index (χ2n) is 5.72. The molecule has 5 unspecified atom stereocenters. The van der Waals surface area contributed by atoms with E-state index in [-0.39, 0.29) is 0 Å². The van der Waals surface area contributed by atoms with Gasteiger partial charge in [0.15, 0.2) is 0 Å². The van der Waals surface area contributed by atoms with Crippen LogP contribution in [0.25, 0.3) is 0 Å². The summed E-state index contributed by atoms with van der Waals surface area (Å²) in [7, 11) is 0. The molecule has 3 rings (SSSR count). The van der Waals surface area contributed by atoms with Gasteiger partial charge in [-0.15, -0.1) is 0 Å². The Morgan fingerprint density at radius 2 is 1.50 bits per heavy atom. The van der Waals surface area contributed by atoms with E-state index < -0.39 is 6.17 Å². The summed E-state index contributed by atoms with van der Waals surface area (Å²) in [4.78, 5) is 0. The third-order valence-corrected chi connectivity index (χ3v) is 5.12. The molecule has 0 nitrogen and oxygen atoms in total. The second-order valence-corrected chi connectivity index (χ2v) is 5.72. The molecule has 0 N–H and O–H groups in total. The van der Waals surface area contributed by atoms with E-state index >= 15 is 0 Å². The van der Waals surface area contributed by atoms with Crippen LogP contribution >= 0.6 is 0 Å². The summed E-state index contributed by atoms with van der Waals surface area (Å²) in [5.41, 5.74) is 0. The lowest BCUT2D eigenvalue weighted by atomic mass is 9.73. The highest BCUT2D eigenvalue weighted by Gasteiger charge is 2.47. The zero-order valence-corrected chi connectivity index (χ0v) is 8.92. The fraction of sp³-hybridized carbons (Fsp3) is 1.00. The first-order valence-electron chi connectivity index (χ1n) is 6.50. The van der Waals surface area contributed by atoms with Crippen LogP contribution in [0.1, 0.15) is 51.4 Å². The van der Waals surface area contributed by atoms with Crippen molar-refractivity contribution in [1.29, 1.82) is 0 Å². The van der Waals surface area contributed by atoms with Gasteiger partial charge in [-0.3, -0.25) is 0 Å². The van der Waals surface area contributed by atoms with Crippen molar-refractivity contribution in [2.24, 2.45) is 23.7 Å². The van der Waals surface area contributed by atoms with Gasteiger partial charge >= 0.3 is 0 Å². The fourth-order valence-corrected chi connectivity index (χ4v) is 4.54. The van der Waals surface area contributed by atoms with Crippen LogP contribution in [0, 0.1) is 23.7 Å². The molecule has 80 valence electrons. The molecule has 0 saturated heterocycles. The maximum absolute atomic E-state index is 13.8. The second kappa shape index (κ2) is 3.50. The topological polar surface area (TPSA) is 0 Å². The van der Waals surface area contributed by atoms with Crippen LogP contribution < -0.4 is 0 Å². The van der Waals surface area contributed by atoms with Gasteiger partial charge in [0.05, 0.1) is 0 Å². The Hall–Kier alpha value is -0.0700. The van der Waals surface area contributed by atoms with Crippen molar-refractivity contribution in [3.05, 3.63) is 0 Å². The van der Waals surface area contributed by atoms with Crippen LogP contribution in [0.2, 0.25) is 0 Å². The highest BCUT2D eigenvalue weighted by molar-refractivity contribution is 4.97. The minimum absolute atomic E-state index is 0.445. The number of hydrogen-bond acceptors (Lipinski definition) is 0. The maximum atomic E-state index is 13.8. The highest BCUT2D eigenvalue weighted by atomic mass is 19.1. The zero-order valence-electron chi connectivity index (χ0n) is 8.92. The van der Waals surface area contributed by atoms with Gasteiger partial charge in [0.25, 0.3) is 0 Å². The lowest BCUT2D eigenvalue weighted by Crippen LogP contribution is -2.28. The summed E-state index contributed by atoms with van der Waals surface area (Å²) in [5, 5.41) is 0. The first kappa shape index (κ1) is 9.18. The Morgan fingerprint density at radius 3 is 2.43 bits per heavy atom. The molecule has 0 aromatic heterocycles. The number of halogens is 1. The van der Waals surface area contributed by atoms with E-state index in [9.17, 15) is 4.39 Å². The zero-order chi connectivity index (χ0) is 9.54. The Balaban J connectivity index is 1.79. The van der Waals surface area contributed by atoms with Crippen molar-refractivity contribution >= 4 is 0 Å². The van der Waals surface area contributed by atoms with E-state index in [0.29, 0.717) is 5.92 Å². The Bertz CT molecular complexity index is 211. The largest absolute Gasteiger partial charge is 0.247 e. The lowest BCUT2D eigenvalue weighted by molar-refractivity contribution is 0.105. The number of rotatable bonds is 0. The molecule has 0 amide bonds. The summed E-state index contributed by atoms with van der Waals surface area (Å²) in [6.45, 7) is 0. The standard InChI is InChI=1S/C13H21F/c14-13-7-3-6-11-10-5-2-1-4-9(10)8-12(11)13/h9-13H,1-8H2. The minimum atomic E-state index is -0.445. The molecule has 0 heterocycles. The van der Waals surface area contributed by atoms with Crippen molar-refractivity contribution in [1.82, 2.24) is 0 Å². The van der Waals surface area contributed by atoms with E-state index in [4.69, 9.17) is 0 Å². The molecule has 0 aromatic carbocycles. The molecule has 0 aromatic rings. The summed E-state index contributed by atoms with van der Waals surface area (Å²) < 4.78 is 13.8. The van der Waals surface area contributed by atoms with E-state index in [1.54, 1.807) is 0 Å². The first-order valence-corrected chi connectivity index (χ1v) is 6.50. The molecule has 3 aliphatic rings. The summed E-state index contributed by atoms with van der Waals surface area (Å²) in [5.74, 6) is 3.09. The molecule has 0 spiro atoms. The quantitative estimate of drug-likeness (QED) is 0.550. The van der Waals surface area contributed by atoms with Crippen LogP contribution in [0.15, 0.2) is 0 Å². The van der Waals surface area contributed by atoms with Crippen LogP contribution in [0.4, 0.5) is 4.39 Å². The van der Waals surface area contributed by atoms with Crippen molar-refractivity contribution in [3.63, 3.8) is 0 Å². The van der Waals surface area contributed by atoms with Gasteiger partial charge in [-0.1, -0.05) is 25.7 Å². The Kier molecular flexibility index (Phi) is 2.29. The summed E-state index contributed by atoms with van der Waals surface area (Å²) in [6.07, 6.45) is 9.80. The predicted octanol–water partition coefficient (Wildman–Crippen LogP) is 3.95. The average Bonchev–Trinajstić information content (AvgIpc) is 2.59. The van der Waals surface area contributed by atoms with E-state index in [0.717, 1.165) is 30.6 Å². The fourth-order valence-electron chi connectivity index (χ4n) is 4.54. The molecule has 3 aliphatic carbocycles. The Labute approximate surface area is 86.3 Å². The van der Waals surface area contributed by atoms with Crippen molar-refractivity contribution < 1.29 is 4.39 Å². The molecule has 1 heteroatoms. The van der Waals surface area contributed by atoms with Crippen LogP contribution in [-0.4, -0.2) is 6.17 Å². The first-order chi connectivity index (χ1) is 6.86. The van der Waals surface area contributed by atoms with E-state index in [1.807, 2.05) is 0 Å². The predicted molar refractivity (Wildman–Crippen MR) is 55.8 cm³/mol. The molecule has 3 fully saturated rings. The monoisotopic (exact) mass is 196 g/mol. The average molecular weight is 196 g/mol. The van der Waals surface area contributed by atoms with Gasteiger partial charge in [-0.25, -0.2) is 4.39 Å². The number of hydrogen-bond donors (Lipinski definition) is 0. The number of fused-ring (bicyclic) bond motifs is 3. The van der Waals surface area contributed by atoms with Gasteiger partial charge < -0.3 is 0 Å². The van der Waals surface area contributed by atoms with Gasteiger partial charge in [0.1, 0.15) is 6.17 Å². The normalized spacial score (nSPS) is 52.5. The molecule has 3 saturated carbocycles. The molecular formula is C13H21F. The SMILES string of the molecule is FC1CCCC2C1CC1CCCCC12. The number of alkyl halides is 1. The Morgan fingerprint density at radius 1 is 0.714 bits per heavy atom. The van der Waals surface area contributed by atoms with E-state index in [1.165, 1.54) is 38.5 Å². The highest BCUT2D eigenvalue weighted by Crippen LogP contribution is 2.54. The third kappa shape index (κ3) is 1.31. The summed E-state index contributed by atoms with van der Waals surface area (Å²) >= 11 is 0. The molecule has 0 aliphatic heterocycles. The van der Waals surface area contributed by atoms with Gasteiger partial charge in [-0.05, 0) is 49.4 Å². The van der Waals surface area contributed by atoms with Crippen LogP contribution in [0.3, 0.4) is 0 Å². The van der Waals surface area contributed by atoms with Gasteiger partial charge in [0, 0.05) is 0 Å². The molecule has 14 heavy (non-hydrogen) atoms. The van der Waals surface area contributed by atoms with Gasteiger partial charge in [-0.2, -0.15) is 0 Å². The smallest absolute Gasteiger partial charge is 0.103 e. The van der Waals surface area contributed by atoms with Crippen molar-refractivity contribution in [3.8, 4) is 0 Å².